The van der Waals surface area contributed by atoms with Crippen LogP contribution in [0.4, 0.5) is 8.78 Å². The second kappa shape index (κ2) is 5.05. The third-order valence-corrected chi connectivity index (χ3v) is 2.40. The second-order valence-electron chi connectivity index (χ2n) is 3.52. The van der Waals surface area contributed by atoms with Crippen LogP contribution in [0.3, 0.4) is 0 Å². The first-order valence-electron chi connectivity index (χ1n) is 5.11. The largest absolute Gasteiger partial charge is 0.496 e. The molecule has 2 aromatic rings. The average molecular weight is 252 g/mol. The van der Waals surface area contributed by atoms with E-state index in [1.165, 1.54) is 19.5 Å². The van der Waals surface area contributed by atoms with Gasteiger partial charge in [-0.15, -0.1) is 0 Å². The number of aliphatic hydroxyl groups is 1. The van der Waals surface area contributed by atoms with Crippen LogP contribution >= 0.6 is 0 Å². The maximum absolute atomic E-state index is 13.2. The summed E-state index contributed by atoms with van der Waals surface area (Å²) >= 11 is 0. The lowest BCUT2D eigenvalue weighted by atomic mass is 10.1. The minimum absolute atomic E-state index is 0.163. The van der Waals surface area contributed by atoms with E-state index < -0.39 is 11.6 Å². The quantitative estimate of drug-likeness (QED) is 0.906. The molecule has 1 N–H and O–H groups in total. The summed E-state index contributed by atoms with van der Waals surface area (Å²) in [6.45, 7) is -0.262. The molecule has 0 spiro atoms. The van der Waals surface area contributed by atoms with Crippen LogP contribution < -0.4 is 4.74 Å². The Bertz CT molecular complexity index is 576. The van der Waals surface area contributed by atoms with Gasteiger partial charge in [-0.05, 0) is 12.1 Å². The van der Waals surface area contributed by atoms with Crippen molar-refractivity contribution in [3.63, 3.8) is 0 Å². The number of aliphatic hydroxyl groups excluding tert-OH is 1. The molecule has 6 heteroatoms. The molecule has 0 amide bonds. The van der Waals surface area contributed by atoms with Crippen LogP contribution in [-0.2, 0) is 6.61 Å². The minimum Gasteiger partial charge on any atom is -0.496 e. The van der Waals surface area contributed by atoms with Crippen molar-refractivity contribution in [3.05, 3.63) is 41.9 Å². The van der Waals surface area contributed by atoms with Crippen molar-refractivity contribution in [2.75, 3.05) is 7.11 Å². The van der Waals surface area contributed by atoms with Crippen LogP contribution in [0.25, 0.3) is 11.3 Å². The number of hydrogen-bond acceptors (Lipinski definition) is 4. The van der Waals surface area contributed by atoms with Crippen molar-refractivity contribution in [1.29, 1.82) is 0 Å². The molecular formula is C12H10F2N2O2. The summed E-state index contributed by atoms with van der Waals surface area (Å²) in [6, 6.07) is 3.43. The Morgan fingerprint density at radius 2 is 1.89 bits per heavy atom. The number of hydrogen-bond donors (Lipinski definition) is 1. The van der Waals surface area contributed by atoms with Crippen LogP contribution in [0, 0.1) is 11.6 Å². The third-order valence-electron chi connectivity index (χ3n) is 2.40. The summed E-state index contributed by atoms with van der Waals surface area (Å²) in [5, 5.41) is 8.98. The lowest BCUT2D eigenvalue weighted by molar-refractivity contribution is 0.276. The predicted octanol–water partition coefficient (Wildman–Crippen LogP) is 1.92. The zero-order chi connectivity index (χ0) is 13.1. The van der Waals surface area contributed by atoms with Crippen LogP contribution in [0.1, 0.15) is 5.69 Å². The van der Waals surface area contributed by atoms with E-state index in [0.717, 1.165) is 12.1 Å². The van der Waals surface area contributed by atoms with Crippen molar-refractivity contribution in [1.82, 2.24) is 9.97 Å². The third kappa shape index (κ3) is 2.28. The Kier molecular flexibility index (Phi) is 3.47. The lowest BCUT2D eigenvalue weighted by Gasteiger charge is -2.09. The van der Waals surface area contributed by atoms with E-state index >= 15 is 0 Å². The SMILES string of the molecule is COc1cc(F)c(F)cc1-c1cc(CO)ncn1. The van der Waals surface area contributed by atoms with Crippen LogP contribution in [0.2, 0.25) is 0 Å². The molecule has 0 aliphatic carbocycles. The lowest BCUT2D eigenvalue weighted by Crippen LogP contribution is -1.97. The molecule has 0 saturated carbocycles. The number of ether oxygens (including phenoxy) is 1. The van der Waals surface area contributed by atoms with E-state index in [0.29, 0.717) is 17.0 Å². The first-order chi connectivity index (χ1) is 8.65. The topological polar surface area (TPSA) is 55.2 Å². The van der Waals surface area contributed by atoms with Gasteiger partial charge in [0.15, 0.2) is 11.6 Å². The van der Waals surface area contributed by atoms with Gasteiger partial charge in [0.2, 0.25) is 0 Å². The van der Waals surface area contributed by atoms with Crippen LogP contribution in [0.5, 0.6) is 5.75 Å². The van der Waals surface area contributed by atoms with Crippen LogP contribution in [0.15, 0.2) is 24.5 Å². The average Bonchev–Trinajstić information content (AvgIpc) is 2.41. The number of halogens is 2. The van der Waals surface area contributed by atoms with Gasteiger partial charge in [-0.1, -0.05) is 0 Å². The minimum atomic E-state index is -0.993. The highest BCUT2D eigenvalue weighted by Crippen LogP contribution is 2.30. The molecule has 4 nitrogen and oxygen atoms in total. The molecule has 2 rings (SSSR count). The molecule has 0 fully saturated rings. The number of nitrogens with zero attached hydrogens (tertiary/aromatic N) is 2. The highest BCUT2D eigenvalue weighted by molar-refractivity contribution is 5.67. The van der Waals surface area contributed by atoms with Crippen LogP contribution in [-0.4, -0.2) is 22.2 Å². The molecule has 0 aliphatic heterocycles. The molecular weight excluding hydrogens is 242 g/mol. The Labute approximate surface area is 102 Å². The van der Waals surface area contributed by atoms with Gasteiger partial charge in [0, 0.05) is 11.6 Å². The zero-order valence-electron chi connectivity index (χ0n) is 9.52. The second-order valence-corrected chi connectivity index (χ2v) is 3.52. The van der Waals surface area contributed by atoms with E-state index in [9.17, 15) is 8.78 Å². The summed E-state index contributed by atoms with van der Waals surface area (Å²) in [7, 11) is 1.35. The Morgan fingerprint density at radius 3 is 2.56 bits per heavy atom. The van der Waals surface area contributed by atoms with Gasteiger partial charge in [-0.25, -0.2) is 18.7 Å². The summed E-state index contributed by atoms with van der Waals surface area (Å²) in [5.74, 6) is -1.82. The highest BCUT2D eigenvalue weighted by atomic mass is 19.2. The fraction of sp³-hybridized carbons (Fsp3) is 0.167. The van der Waals surface area contributed by atoms with Gasteiger partial charge in [0.25, 0.3) is 0 Å². The molecule has 0 atom stereocenters. The maximum atomic E-state index is 13.2. The Balaban J connectivity index is 2.58. The first kappa shape index (κ1) is 12.4. The number of benzene rings is 1. The highest BCUT2D eigenvalue weighted by Gasteiger charge is 2.13. The van der Waals surface area contributed by atoms with Crippen molar-refractivity contribution < 1.29 is 18.6 Å². The van der Waals surface area contributed by atoms with Gasteiger partial charge in [0.1, 0.15) is 12.1 Å². The van der Waals surface area contributed by atoms with Gasteiger partial charge >= 0.3 is 0 Å². The van der Waals surface area contributed by atoms with Gasteiger partial charge < -0.3 is 9.84 Å². The van der Waals surface area contributed by atoms with Crippen molar-refractivity contribution in [2.24, 2.45) is 0 Å². The number of aromatic nitrogens is 2. The molecule has 0 radical (unpaired) electrons. The fourth-order valence-electron chi connectivity index (χ4n) is 1.53. The molecule has 94 valence electrons. The number of rotatable bonds is 3. The molecule has 0 saturated heterocycles. The zero-order valence-corrected chi connectivity index (χ0v) is 9.52. The Hall–Kier alpha value is -2.08. The van der Waals surface area contributed by atoms with Gasteiger partial charge in [0.05, 0.1) is 25.1 Å². The maximum Gasteiger partial charge on any atom is 0.162 e. The number of methoxy groups -OCH3 is 1. The van der Waals surface area contributed by atoms with Gasteiger partial charge in [-0.2, -0.15) is 0 Å². The fourth-order valence-corrected chi connectivity index (χ4v) is 1.53. The van der Waals surface area contributed by atoms with E-state index in [1.54, 1.807) is 0 Å². The van der Waals surface area contributed by atoms with Crippen molar-refractivity contribution in [2.45, 2.75) is 6.61 Å². The molecule has 0 aliphatic rings. The smallest absolute Gasteiger partial charge is 0.162 e. The summed E-state index contributed by atoms with van der Waals surface area (Å²) in [4.78, 5) is 7.75. The van der Waals surface area contributed by atoms with E-state index in [-0.39, 0.29) is 12.4 Å². The summed E-state index contributed by atoms with van der Waals surface area (Å²) in [6.07, 6.45) is 1.24. The van der Waals surface area contributed by atoms with E-state index in [2.05, 4.69) is 9.97 Å². The Morgan fingerprint density at radius 1 is 1.17 bits per heavy atom. The molecule has 1 aromatic carbocycles. The van der Waals surface area contributed by atoms with Crippen molar-refractivity contribution in [3.8, 4) is 17.0 Å². The molecule has 1 aromatic heterocycles. The normalized spacial score (nSPS) is 10.4. The predicted molar refractivity (Wildman–Crippen MR) is 59.9 cm³/mol. The monoisotopic (exact) mass is 252 g/mol. The molecule has 0 bridgehead atoms. The van der Waals surface area contributed by atoms with Gasteiger partial charge in [-0.3, -0.25) is 0 Å². The van der Waals surface area contributed by atoms with Crippen molar-refractivity contribution >= 4 is 0 Å². The van der Waals surface area contributed by atoms with E-state index in [4.69, 9.17) is 9.84 Å². The first-order valence-corrected chi connectivity index (χ1v) is 5.11. The standard InChI is InChI=1S/C12H10F2N2O2/c1-18-12-4-10(14)9(13)3-8(12)11-2-7(5-17)15-6-16-11/h2-4,6,17H,5H2,1H3. The molecule has 1 heterocycles. The molecule has 18 heavy (non-hydrogen) atoms. The summed E-state index contributed by atoms with van der Waals surface area (Å²) < 4.78 is 31.3. The molecule has 0 unspecified atom stereocenters. The van der Waals surface area contributed by atoms with E-state index in [1.807, 2.05) is 0 Å². The summed E-state index contributed by atoms with van der Waals surface area (Å²) in [5.41, 5.74) is 1.03.